The van der Waals surface area contributed by atoms with E-state index in [4.69, 9.17) is 9.47 Å². The number of likely N-dealkylation sites (tertiary alicyclic amines) is 1. The summed E-state index contributed by atoms with van der Waals surface area (Å²) < 4.78 is 14.4. The number of fused-ring (bicyclic) bond motifs is 1. The number of carbonyl (C=O) groups is 2. The molecule has 2 aliphatic heterocycles. The summed E-state index contributed by atoms with van der Waals surface area (Å²) in [6, 6.07) is 4.94. The van der Waals surface area contributed by atoms with Crippen molar-refractivity contribution in [2.24, 2.45) is 7.05 Å². The van der Waals surface area contributed by atoms with E-state index in [9.17, 15) is 19.5 Å². The van der Waals surface area contributed by atoms with Gasteiger partial charge in [-0.2, -0.15) is 0 Å². The quantitative estimate of drug-likeness (QED) is 0.625. The number of amides is 2. The number of para-hydroxylation sites is 1. The number of nitrogens with zero attached hydrogens (tertiary/aromatic N) is 3. The molecule has 36 heavy (non-hydrogen) atoms. The number of carbonyl (C=O) groups excluding carboxylic acids is 2. The Hall–Kier alpha value is -3.29. The fraction of sp³-hybridized carbons (Fsp3) is 0.577. The van der Waals surface area contributed by atoms with E-state index >= 15 is 0 Å². The van der Waals surface area contributed by atoms with Crippen LogP contribution in [0.5, 0.6) is 0 Å². The third kappa shape index (κ3) is 5.58. The van der Waals surface area contributed by atoms with E-state index in [0.29, 0.717) is 48.9 Å². The van der Waals surface area contributed by atoms with Gasteiger partial charge >= 0.3 is 11.8 Å². The molecule has 1 aromatic carbocycles. The molecule has 0 radical (unpaired) electrons. The van der Waals surface area contributed by atoms with Gasteiger partial charge in [0.2, 0.25) is 5.91 Å². The zero-order valence-electron chi connectivity index (χ0n) is 21.2. The molecule has 0 aliphatic carbocycles. The number of piperidine rings is 2. The van der Waals surface area contributed by atoms with Crippen molar-refractivity contribution in [3.63, 3.8) is 0 Å². The van der Waals surface area contributed by atoms with Crippen molar-refractivity contribution in [1.82, 2.24) is 19.4 Å². The number of aliphatic hydroxyl groups excluding tert-OH is 1. The molecule has 3 heterocycles. The van der Waals surface area contributed by atoms with Crippen LogP contribution in [0.2, 0.25) is 0 Å². The SMILES string of the molecule is Cn1c(=O)n(C2CCC(=O)NC2O)c2cccc(C#CCOC3CCN(C(=O)OC(C)(C)C)CC3)c21. The molecule has 2 amide bonds. The third-order valence-corrected chi connectivity index (χ3v) is 6.48. The first-order valence-electron chi connectivity index (χ1n) is 12.3. The Balaban J connectivity index is 1.41. The Kier molecular flexibility index (Phi) is 7.43. The average Bonchev–Trinajstić information content (AvgIpc) is 3.07. The van der Waals surface area contributed by atoms with E-state index in [1.54, 1.807) is 16.5 Å². The molecule has 1 aromatic heterocycles. The van der Waals surface area contributed by atoms with E-state index in [1.165, 1.54) is 4.57 Å². The lowest BCUT2D eigenvalue weighted by atomic mass is 10.0. The smallest absolute Gasteiger partial charge is 0.410 e. The van der Waals surface area contributed by atoms with Crippen LogP contribution in [-0.4, -0.2) is 68.8 Å². The minimum absolute atomic E-state index is 0.0159. The van der Waals surface area contributed by atoms with Crippen molar-refractivity contribution < 1.29 is 24.2 Å². The average molecular weight is 499 g/mol. The number of benzene rings is 1. The summed E-state index contributed by atoms with van der Waals surface area (Å²) in [5, 5.41) is 12.9. The van der Waals surface area contributed by atoms with Crippen LogP contribution < -0.4 is 11.0 Å². The topological polar surface area (TPSA) is 115 Å². The standard InChI is InChI=1S/C26H34N4O6/c1-26(2,3)36-25(34)29-14-12-18(13-15-29)35-16-6-8-17-7-5-9-19-22(17)28(4)24(33)30(19)20-10-11-21(31)27-23(20)32/h5,7,9,18,20,23,32H,10-16H2,1-4H3,(H,27,31). The second kappa shape index (κ2) is 10.4. The van der Waals surface area contributed by atoms with Gasteiger partial charge in [-0.25, -0.2) is 9.59 Å². The second-order valence-corrected chi connectivity index (χ2v) is 10.3. The van der Waals surface area contributed by atoms with E-state index in [2.05, 4.69) is 17.2 Å². The van der Waals surface area contributed by atoms with Crippen LogP contribution in [-0.2, 0) is 21.3 Å². The fourth-order valence-corrected chi connectivity index (χ4v) is 4.72. The summed E-state index contributed by atoms with van der Waals surface area (Å²) >= 11 is 0. The number of imidazole rings is 1. The van der Waals surface area contributed by atoms with Gasteiger partial charge in [0, 0.05) is 26.6 Å². The summed E-state index contributed by atoms with van der Waals surface area (Å²) in [7, 11) is 1.68. The lowest BCUT2D eigenvalue weighted by Crippen LogP contribution is -2.47. The summed E-state index contributed by atoms with van der Waals surface area (Å²) in [6.07, 6.45) is 0.652. The fourth-order valence-electron chi connectivity index (χ4n) is 4.72. The number of ether oxygens (including phenoxy) is 2. The highest BCUT2D eigenvalue weighted by Crippen LogP contribution is 2.26. The Morgan fingerprint density at radius 3 is 2.58 bits per heavy atom. The predicted octanol–water partition coefficient (Wildman–Crippen LogP) is 1.88. The maximum Gasteiger partial charge on any atom is 0.410 e. The van der Waals surface area contributed by atoms with Crippen LogP contribution in [0.3, 0.4) is 0 Å². The Bertz CT molecular complexity index is 1250. The maximum absolute atomic E-state index is 13.0. The molecule has 2 N–H and O–H groups in total. The Morgan fingerprint density at radius 2 is 1.92 bits per heavy atom. The van der Waals surface area contributed by atoms with Gasteiger partial charge in [-0.05, 0) is 52.2 Å². The number of aryl methyl sites for hydroxylation is 1. The van der Waals surface area contributed by atoms with Crippen molar-refractivity contribution >= 4 is 23.0 Å². The third-order valence-electron chi connectivity index (χ3n) is 6.48. The van der Waals surface area contributed by atoms with Crippen molar-refractivity contribution in [2.75, 3.05) is 19.7 Å². The number of nitrogens with one attached hydrogen (secondary N) is 1. The number of aromatic nitrogens is 2. The number of aliphatic hydroxyl groups is 1. The zero-order valence-corrected chi connectivity index (χ0v) is 21.2. The lowest BCUT2D eigenvalue weighted by Gasteiger charge is -2.33. The summed E-state index contributed by atoms with van der Waals surface area (Å²) in [5.74, 6) is 5.94. The van der Waals surface area contributed by atoms with Gasteiger partial charge in [-0.1, -0.05) is 17.9 Å². The van der Waals surface area contributed by atoms with Gasteiger partial charge in [-0.15, -0.1) is 0 Å². The molecule has 0 spiro atoms. The molecule has 4 rings (SSSR count). The van der Waals surface area contributed by atoms with E-state index in [-0.39, 0.29) is 36.8 Å². The van der Waals surface area contributed by atoms with Gasteiger partial charge in [0.15, 0.2) is 0 Å². The van der Waals surface area contributed by atoms with Crippen molar-refractivity contribution in [3.8, 4) is 11.8 Å². The summed E-state index contributed by atoms with van der Waals surface area (Å²) in [6.45, 7) is 6.95. The van der Waals surface area contributed by atoms with Crippen LogP contribution in [0.15, 0.2) is 23.0 Å². The molecule has 2 unspecified atom stereocenters. The molecule has 10 heteroatoms. The Morgan fingerprint density at radius 1 is 1.19 bits per heavy atom. The summed E-state index contributed by atoms with van der Waals surface area (Å²) in [5.41, 5.74) is 1.23. The molecule has 0 saturated carbocycles. The van der Waals surface area contributed by atoms with Gasteiger partial charge in [0.25, 0.3) is 0 Å². The largest absolute Gasteiger partial charge is 0.444 e. The van der Waals surface area contributed by atoms with E-state index < -0.39 is 17.9 Å². The molecule has 2 aliphatic rings. The molecule has 194 valence electrons. The van der Waals surface area contributed by atoms with Gasteiger partial charge < -0.3 is 24.8 Å². The Labute approximate surface area is 210 Å². The minimum Gasteiger partial charge on any atom is -0.444 e. The molecular weight excluding hydrogens is 464 g/mol. The van der Waals surface area contributed by atoms with Crippen LogP contribution in [0, 0.1) is 11.8 Å². The second-order valence-electron chi connectivity index (χ2n) is 10.3. The molecular formula is C26H34N4O6. The highest BCUT2D eigenvalue weighted by atomic mass is 16.6. The minimum atomic E-state index is -1.13. The van der Waals surface area contributed by atoms with E-state index in [0.717, 1.165) is 0 Å². The highest BCUT2D eigenvalue weighted by molar-refractivity contribution is 5.83. The first-order valence-corrected chi connectivity index (χ1v) is 12.3. The zero-order chi connectivity index (χ0) is 26.0. The van der Waals surface area contributed by atoms with Crippen LogP contribution in [0.1, 0.15) is 58.1 Å². The van der Waals surface area contributed by atoms with Crippen LogP contribution in [0.4, 0.5) is 4.79 Å². The van der Waals surface area contributed by atoms with Gasteiger partial charge in [-0.3, -0.25) is 13.9 Å². The van der Waals surface area contributed by atoms with Crippen molar-refractivity contribution in [3.05, 3.63) is 34.2 Å². The first-order chi connectivity index (χ1) is 17.0. The van der Waals surface area contributed by atoms with E-state index in [1.807, 2.05) is 39.0 Å². The van der Waals surface area contributed by atoms with Crippen LogP contribution >= 0.6 is 0 Å². The highest BCUT2D eigenvalue weighted by Gasteiger charge is 2.32. The van der Waals surface area contributed by atoms with Crippen molar-refractivity contribution in [1.29, 1.82) is 0 Å². The molecule has 2 fully saturated rings. The number of hydrogen-bond acceptors (Lipinski definition) is 6. The van der Waals surface area contributed by atoms with Gasteiger partial charge in [0.05, 0.1) is 28.7 Å². The number of hydrogen-bond donors (Lipinski definition) is 2. The molecule has 2 aromatic rings. The summed E-state index contributed by atoms with van der Waals surface area (Å²) in [4.78, 5) is 38.6. The van der Waals surface area contributed by atoms with Crippen molar-refractivity contribution in [2.45, 2.75) is 70.4 Å². The van der Waals surface area contributed by atoms with Crippen LogP contribution in [0.25, 0.3) is 11.0 Å². The monoisotopic (exact) mass is 498 g/mol. The lowest BCUT2D eigenvalue weighted by molar-refractivity contribution is -0.128. The molecule has 2 saturated heterocycles. The normalized spacial score (nSPS) is 21.1. The number of rotatable bonds is 3. The molecule has 2 atom stereocenters. The molecule has 0 bridgehead atoms. The maximum atomic E-state index is 13.0. The first kappa shape index (κ1) is 25.8. The predicted molar refractivity (Wildman–Crippen MR) is 133 cm³/mol. The molecule has 10 nitrogen and oxygen atoms in total. The van der Waals surface area contributed by atoms with Gasteiger partial charge in [0.1, 0.15) is 18.4 Å².